The van der Waals surface area contributed by atoms with Crippen LogP contribution >= 0.6 is 0 Å². The van der Waals surface area contributed by atoms with Crippen LogP contribution < -0.4 is 0 Å². The highest BCUT2D eigenvalue weighted by molar-refractivity contribution is 4.85. The van der Waals surface area contributed by atoms with Gasteiger partial charge in [0.25, 0.3) is 0 Å². The van der Waals surface area contributed by atoms with Gasteiger partial charge in [-0.3, -0.25) is 0 Å². The van der Waals surface area contributed by atoms with E-state index in [1.807, 2.05) is 0 Å². The third-order valence-corrected chi connectivity index (χ3v) is 3.02. The first-order valence-electron chi connectivity index (χ1n) is 4.88. The molecule has 0 amide bonds. The average Bonchev–Trinajstić information content (AvgIpc) is 1.82. The summed E-state index contributed by atoms with van der Waals surface area (Å²) in [5, 5.41) is 19.5. The summed E-state index contributed by atoms with van der Waals surface area (Å²) in [6.07, 6.45) is 2.62. The van der Waals surface area contributed by atoms with E-state index in [-0.39, 0.29) is 13.3 Å². The van der Waals surface area contributed by atoms with Crippen molar-refractivity contribution in [3.8, 4) is 0 Å². The van der Waals surface area contributed by atoms with Gasteiger partial charge in [0.2, 0.25) is 0 Å². The minimum Gasteiger partial charge on any atom is -0.365 e. The molecule has 1 rings (SSSR count). The van der Waals surface area contributed by atoms with E-state index in [1.165, 1.54) is 0 Å². The lowest BCUT2D eigenvalue weighted by molar-refractivity contribution is -0.234. The molecule has 1 fully saturated rings. The fourth-order valence-corrected chi connectivity index (χ4v) is 2.33. The Bertz CT molecular complexity index is 152. The molecule has 0 saturated heterocycles. The first-order chi connectivity index (χ1) is 5.43. The molecule has 1 aliphatic carbocycles. The van der Waals surface area contributed by atoms with Gasteiger partial charge in [0.15, 0.2) is 5.79 Å². The van der Waals surface area contributed by atoms with E-state index in [2.05, 4.69) is 20.8 Å². The second kappa shape index (κ2) is 4.43. The molecule has 2 N–H and O–H groups in total. The largest absolute Gasteiger partial charge is 0.365 e. The van der Waals surface area contributed by atoms with E-state index in [0.717, 1.165) is 12.8 Å². The molecule has 0 aromatic heterocycles. The molecule has 2 nitrogen and oxygen atoms in total. The van der Waals surface area contributed by atoms with Crippen molar-refractivity contribution in [1.29, 1.82) is 0 Å². The molecule has 0 radical (unpaired) electrons. The van der Waals surface area contributed by atoms with Gasteiger partial charge in [-0.2, -0.15) is 0 Å². The Morgan fingerprint density at radius 2 is 1.77 bits per heavy atom. The van der Waals surface area contributed by atoms with Crippen LogP contribution in [-0.2, 0) is 0 Å². The van der Waals surface area contributed by atoms with Crippen LogP contribution in [0.4, 0.5) is 0 Å². The number of aliphatic hydroxyl groups is 2. The lowest BCUT2D eigenvalue weighted by atomic mass is 9.73. The number of hydrogen-bond donors (Lipinski definition) is 2. The quantitative estimate of drug-likeness (QED) is 0.620. The van der Waals surface area contributed by atoms with E-state index < -0.39 is 5.79 Å². The van der Waals surface area contributed by atoms with Crippen molar-refractivity contribution >= 4 is 0 Å². The number of rotatable bonds is 1. The topological polar surface area (TPSA) is 40.5 Å². The maximum Gasteiger partial charge on any atom is 0.165 e. The molecule has 0 aromatic carbocycles. The molecule has 2 atom stereocenters. The fourth-order valence-electron chi connectivity index (χ4n) is 2.33. The molecule has 1 aliphatic rings. The summed E-state index contributed by atoms with van der Waals surface area (Å²) in [4.78, 5) is 0. The summed E-state index contributed by atoms with van der Waals surface area (Å²) in [6.45, 7) is 6.20. The van der Waals surface area contributed by atoms with Crippen molar-refractivity contribution in [3.05, 3.63) is 0 Å². The Morgan fingerprint density at radius 3 is 2.15 bits per heavy atom. The Balaban J connectivity index is 0.00000144. The van der Waals surface area contributed by atoms with Crippen LogP contribution in [0.25, 0.3) is 0 Å². The lowest BCUT2D eigenvalue weighted by Gasteiger charge is -2.40. The molecule has 80 valence electrons. The third-order valence-electron chi connectivity index (χ3n) is 3.02. The van der Waals surface area contributed by atoms with Crippen LogP contribution in [0.2, 0.25) is 0 Å². The van der Waals surface area contributed by atoms with Crippen molar-refractivity contribution in [3.63, 3.8) is 0 Å². The summed E-state index contributed by atoms with van der Waals surface area (Å²) in [7, 11) is 0. The molecule has 13 heavy (non-hydrogen) atoms. The first-order valence-corrected chi connectivity index (χ1v) is 4.88. The molecule has 0 aromatic rings. The van der Waals surface area contributed by atoms with Crippen molar-refractivity contribution in [2.75, 3.05) is 0 Å². The van der Waals surface area contributed by atoms with Gasteiger partial charge < -0.3 is 10.2 Å². The molecule has 1 saturated carbocycles. The van der Waals surface area contributed by atoms with Gasteiger partial charge in [-0.25, -0.2) is 0 Å². The highest BCUT2D eigenvalue weighted by atomic mass is 16.5. The second-order valence-corrected chi connectivity index (χ2v) is 4.62. The Labute approximate surface area is 82.0 Å². The summed E-state index contributed by atoms with van der Waals surface area (Å²) in [5.74, 6) is -0.526. The highest BCUT2D eigenvalue weighted by Crippen LogP contribution is 2.39. The van der Waals surface area contributed by atoms with Gasteiger partial charge in [-0.1, -0.05) is 34.6 Å². The van der Waals surface area contributed by atoms with E-state index in [4.69, 9.17) is 0 Å². The van der Waals surface area contributed by atoms with Crippen LogP contribution in [0.5, 0.6) is 0 Å². The zero-order valence-corrected chi connectivity index (χ0v) is 8.25. The monoisotopic (exact) mass is 188 g/mol. The smallest absolute Gasteiger partial charge is 0.165 e. The second-order valence-electron chi connectivity index (χ2n) is 4.62. The lowest BCUT2D eigenvalue weighted by Crippen LogP contribution is -2.45. The van der Waals surface area contributed by atoms with Crippen LogP contribution in [0.15, 0.2) is 0 Å². The SMILES string of the molecule is C.CC(C)[C@@H]1CC[C@@H](C)CC1(O)O. The predicted molar refractivity (Wildman–Crippen MR) is 55.2 cm³/mol. The number of hydrogen-bond acceptors (Lipinski definition) is 2. The normalized spacial score (nSPS) is 32.8. The summed E-state index contributed by atoms with van der Waals surface area (Å²) in [5.41, 5.74) is 0. The third kappa shape index (κ3) is 2.96. The van der Waals surface area contributed by atoms with E-state index in [0.29, 0.717) is 18.3 Å². The van der Waals surface area contributed by atoms with Crippen LogP contribution in [0, 0.1) is 17.8 Å². The summed E-state index contributed by atoms with van der Waals surface area (Å²) < 4.78 is 0. The summed E-state index contributed by atoms with van der Waals surface area (Å²) in [6, 6.07) is 0. The Morgan fingerprint density at radius 1 is 1.23 bits per heavy atom. The molecule has 0 bridgehead atoms. The van der Waals surface area contributed by atoms with Gasteiger partial charge in [0.1, 0.15) is 0 Å². The van der Waals surface area contributed by atoms with Crippen molar-refractivity contribution < 1.29 is 10.2 Å². The van der Waals surface area contributed by atoms with E-state index in [9.17, 15) is 10.2 Å². The van der Waals surface area contributed by atoms with Gasteiger partial charge in [-0.15, -0.1) is 0 Å². The van der Waals surface area contributed by atoms with Gasteiger partial charge in [-0.05, 0) is 18.3 Å². The minimum absolute atomic E-state index is 0. The standard InChI is InChI=1S/C10H20O2.CH4/c1-7(2)9-5-4-8(3)6-10(9,11)12;/h7-9,11-12H,4-6H2,1-3H3;1H4/t8-,9+;/m1./s1. The molecular formula is C11H24O2. The minimum atomic E-state index is -1.41. The zero-order chi connectivity index (χ0) is 9.35. The van der Waals surface area contributed by atoms with E-state index >= 15 is 0 Å². The fraction of sp³-hybridized carbons (Fsp3) is 1.00. The molecular weight excluding hydrogens is 164 g/mol. The maximum absolute atomic E-state index is 9.73. The van der Waals surface area contributed by atoms with Gasteiger partial charge in [0.05, 0.1) is 0 Å². The molecule has 0 spiro atoms. The van der Waals surface area contributed by atoms with Gasteiger partial charge in [0, 0.05) is 12.3 Å². The molecule has 2 heteroatoms. The molecule has 0 aliphatic heterocycles. The van der Waals surface area contributed by atoms with Crippen LogP contribution in [0.1, 0.15) is 47.5 Å². The van der Waals surface area contributed by atoms with Crippen LogP contribution in [-0.4, -0.2) is 16.0 Å². The zero-order valence-electron chi connectivity index (χ0n) is 8.25. The molecule has 0 unspecified atom stereocenters. The molecule has 0 heterocycles. The maximum atomic E-state index is 9.73. The summed E-state index contributed by atoms with van der Waals surface area (Å²) >= 11 is 0. The average molecular weight is 188 g/mol. The highest BCUT2D eigenvalue weighted by Gasteiger charge is 2.40. The predicted octanol–water partition coefficient (Wildman–Crippen LogP) is 2.40. The Kier molecular flexibility index (Phi) is 4.40. The van der Waals surface area contributed by atoms with Crippen molar-refractivity contribution in [1.82, 2.24) is 0 Å². The first kappa shape index (κ1) is 12.9. The Hall–Kier alpha value is -0.0800. The van der Waals surface area contributed by atoms with Gasteiger partial charge >= 0.3 is 0 Å². The van der Waals surface area contributed by atoms with Crippen LogP contribution in [0.3, 0.4) is 0 Å². The van der Waals surface area contributed by atoms with E-state index in [1.54, 1.807) is 0 Å². The van der Waals surface area contributed by atoms with Crippen molar-refractivity contribution in [2.45, 2.75) is 53.2 Å². The van der Waals surface area contributed by atoms with Crippen molar-refractivity contribution in [2.24, 2.45) is 17.8 Å².